The molecule has 2 fully saturated rings. The first-order chi connectivity index (χ1) is 13.1. The average Bonchev–Trinajstić information content (AvgIpc) is 3.28. The van der Waals surface area contributed by atoms with Crippen molar-refractivity contribution in [2.24, 2.45) is 11.8 Å². The highest BCUT2D eigenvalue weighted by Gasteiger charge is 2.36. The summed E-state index contributed by atoms with van der Waals surface area (Å²) in [5.74, 6) is 0.632. The zero-order valence-electron chi connectivity index (χ0n) is 16.0. The molecule has 7 nitrogen and oxygen atoms in total. The van der Waals surface area contributed by atoms with E-state index in [0.29, 0.717) is 19.0 Å². The highest BCUT2D eigenvalue weighted by atomic mass is 16.3. The second kappa shape index (κ2) is 7.96. The van der Waals surface area contributed by atoms with Crippen LogP contribution in [-0.2, 0) is 11.3 Å². The van der Waals surface area contributed by atoms with Crippen LogP contribution < -0.4 is 0 Å². The van der Waals surface area contributed by atoms with Gasteiger partial charge in [-0.3, -0.25) is 4.79 Å². The van der Waals surface area contributed by atoms with Gasteiger partial charge in [-0.2, -0.15) is 0 Å². The smallest absolute Gasteiger partial charge is 0.242 e. The van der Waals surface area contributed by atoms with Gasteiger partial charge in [-0.1, -0.05) is 12.1 Å². The molecule has 2 aliphatic heterocycles. The summed E-state index contributed by atoms with van der Waals surface area (Å²) in [7, 11) is 2.16. The zero-order valence-corrected chi connectivity index (χ0v) is 16.0. The van der Waals surface area contributed by atoms with Crippen LogP contribution in [0.1, 0.15) is 0 Å². The van der Waals surface area contributed by atoms with Gasteiger partial charge in [0.25, 0.3) is 0 Å². The molecule has 0 saturated carbocycles. The quantitative estimate of drug-likeness (QED) is 0.822. The van der Waals surface area contributed by atoms with Gasteiger partial charge in [-0.25, -0.2) is 4.98 Å². The lowest BCUT2D eigenvalue weighted by molar-refractivity contribution is -0.131. The van der Waals surface area contributed by atoms with Gasteiger partial charge < -0.3 is 24.4 Å². The molecule has 2 aromatic rings. The maximum absolute atomic E-state index is 12.9. The molecule has 0 bridgehead atoms. The summed E-state index contributed by atoms with van der Waals surface area (Å²) in [6, 6.07) is 7.87. The largest absolute Gasteiger partial charge is 0.396 e. The fourth-order valence-electron chi connectivity index (χ4n) is 4.30. The molecule has 2 atom stereocenters. The van der Waals surface area contributed by atoms with Crippen molar-refractivity contribution in [3.8, 4) is 0 Å². The summed E-state index contributed by atoms with van der Waals surface area (Å²) in [6.45, 7) is 7.14. The molecule has 2 aliphatic rings. The second-order valence-corrected chi connectivity index (χ2v) is 7.97. The molecule has 0 spiro atoms. The summed E-state index contributed by atoms with van der Waals surface area (Å²) >= 11 is 0. The van der Waals surface area contributed by atoms with Gasteiger partial charge in [0.15, 0.2) is 0 Å². The van der Waals surface area contributed by atoms with Gasteiger partial charge >= 0.3 is 0 Å². The summed E-state index contributed by atoms with van der Waals surface area (Å²) < 4.78 is 1.92. The summed E-state index contributed by atoms with van der Waals surface area (Å²) in [4.78, 5) is 24.0. The summed E-state index contributed by atoms with van der Waals surface area (Å²) in [5.41, 5.74) is 1.89. The van der Waals surface area contributed by atoms with E-state index in [0.717, 1.165) is 50.3 Å². The molecule has 0 unspecified atom stereocenters. The number of fused-ring (bicyclic) bond motifs is 1. The van der Waals surface area contributed by atoms with Crippen LogP contribution in [0.4, 0.5) is 0 Å². The molecule has 2 saturated heterocycles. The monoisotopic (exact) mass is 371 g/mol. The van der Waals surface area contributed by atoms with E-state index in [1.807, 2.05) is 33.7 Å². The molecule has 27 heavy (non-hydrogen) atoms. The zero-order chi connectivity index (χ0) is 18.8. The molecule has 1 amide bonds. The van der Waals surface area contributed by atoms with Crippen LogP contribution in [0.3, 0.4) is 0 Å². The van der Waals surface area contributed by atoms with Crippen LogP contribution in [0.5, 0.6) is 0 Å². The Balaban J connectivity index is 1.38. The topological polar surface area (TPSA) is 64.8 Å². The number of hydrogen-bond acceptors (Lipinski definition) is 5. The lowest BCUT2D eigenvalue weighted by Crippen LogP contribution is -2.47. The SMILES string of the molecule is CN1CCN(C[C@@H]2CN(C(=O)Cn3cnc4ccccc43)C[C@@H]2CO)CC1. The van der Waals surface area contributed by atoms with E-state index in [2.05, 4.69) is 21.8 Å². The van der Waals surface area contributed by atoms with Gasteiger partial charge in [0.05, 0.1) is 17.4 Å². The molecule has 3 heterocycles. The van der Waals surface area contributed by atoms with Gasteiger partial charge in [0.1, 0.15) is 6.54 Å². The van der Waals surface area contributed by atoms with Crippen LogP contribution in [0.25, 0.3) is 11.0 Å². The molecular formula is C20H29N5O2. The third kappa shape index (κ3) is 4.00. The molecule has 0 radical (unpaired) electrons. The Hall–Kier alpha value is -1.96. The van der Waals surface area contributed by atoms with Crippen LogP contribution in [0.2, 0.25) is 0 Å². The van der Waals surface area contributed by atoms with Crippen molar-refractivity contribution in [1.82, 2.24) is 24.3 Å². The Bertz CT molecular complexity index is 784. The van der Waals surface area contributed by atoms with E-state index in [1.165, 1.54) is 0 Å². The van der Waals surface area contributed by atoms with Crippen molar-refractivity contribution in [1.29, 1.82) is 0 Å². The average molecular weight is 371 g/mol. The van der Waals surface area contributed by atoms with Gasteiger partial charge in [0.2, 0.25) is 5.91 Å². The fourth-order valence-corrected chi connectivity index (χ4v) is 4.30. The van der Waals surface area contributed by atoms with Crippen molar-refractivity contribution >= 4 is 16.9 Å². The number of likely N-dealkylation sites (N-methyl/N-ethyl adjacent to an activating group) is 1. The lowest BCUT2D eigenvalue weighted by Gasteiger charge is -2.34. The minimum atomic E-state index is 0.109. The first-order valence-electron chi connectivity index (χ1n) is 9.83. The number of aliphatic hydroxyl groups excluding tert-OH is 1. The predicted molar refractivity (Wildman–Crippen MR) is 104 cm³/mol. The van der Waals surface area contributed by atoms with Gasteiger partial charge in [-0.05, 0) is 25.1 Å². The Morgan fingerprint density at radius 2 is 1.89 bits per heavy atom. The van der Waals surface area contributed by atoms with Crippen LogP contribution >= 0.6 is 0 Å². The van der Waals surface area contributed by atoms with E-state index in [9.17, 15) is 9.90 Å². The number of amides is 1. The number of likely N-dealkylation sites (tertiary alicyclic amines) is 1. The molecule has 146 valence electrons. The standard InChI is InChI=1S/C20H29N5O2/c1-22-6-8-23(9-7-22)10-16-11-24(12-17(16)14-26)20(27)13-25-15-21-18-4-2-3-5-19(18)25/h2-5,15-17,26H,6-14H2,1H3/t16-,17-/m1/s1. The fraction of sp³-hybridized carbons (Fsp3) is 0.600. The number of hydrogen-bond donors (Lipinski definition) is 1. The van der Waals surface area contributed by atoms with Crippen molar-refractivity contribution in [3.05, 3.63) is 30.6 Å². The number of rotatable bonds is 5. The molecule has 4 rings (SSSR count). The second-order valence-electron chi connectivity index (χ2n) is 7.97. The lowest BCUT2D eigenvalue weighted by atomic mass is 9.96. The van der Waals surface area contributed by atoms with Crippen molar-refractivity contribution in [3.63, 3.8) is 0 Å². The Morgan fingerprint density at radius 1 is 1.15 bits per heavy atom. The Kier molecular flexibility index (Phi) is 5.43. The normalized spacial score (nSPS) is 24.7. The molecule has 0 aliphatic carbocycles. The van der Waals surface area contributed by atoms with Crippen LogP contribution in [0, 0.1) is 11.8 Å². The van der Waals surface area contributed by atoms with Gasteiger partial charge in [0, 0.05) is 58.3 Å². The number of carbonyl (C=O) groups is 1. The number of aromatic nitrogens is 2. The number of carbonyl (C=O) groups excluding carboxylic acids is 1. The van der Waals surface area contributed by atoms with E-state index >= 15 is 0 Å². The molecule has 7 heteroatoms. The summed E-state index contributed by atoms with van der Waals surface area (Å²) in [6.07, 6.45) is 1.74. The Morgan fingerprint density at radius 3 is 2.67 bits per heavy atom. The van der Waals surface area contributed by atoms with E-state index in [1.54, 1.807) is 6.33 Å². The highest BCUT2D eigenvalue weighted by Crippen LogP contribution is 2.25. The number of nitrogens with zero attached hydrogens (tertiary/aromatic N) is 5. The van der Waals surface area contributed by atoms with E-state index < -0.39 is 0 Å². The third-order valence-electron chi connectivity index (χ3n) is 6.09. The number of aliphatic hydroxyl groups is 1. The van der Waals surface area contributed by atoms with Crippen molar-refractivity contribution < 1.29 is 9.90 Å². The number of para-hydroxylation sites is 2. The molecule has 1 aromatic heterocycles. The third-order valence-corrected chi connectivity index (χ3v) is 6.09. The Labute approximate surface area is 160 Å². The van der Waals surface area contributed by atoms with E-state index in [4.69, 9.17) is 0 Å². The van der Waals surface area contributed by atoms with Crippen LogP contribution in [0.15, 0.2) is 30.6 Å². The van der Waals surface area contributed by atoms with Crippen LogP contribution in [-0.4, -0.2) is 94.7 Å². The van der Waals surface area contributed by atoms with E-state index in [-0.39, 0.29) is 18.4 Å². The first-order valence-corrected chi connectivity index (χ1v) is 9.83. The molecule has 1 N–H and O–H groups in total. The minimum Gasteiger partial charge on any atom is -0.396 e. The van der Waals surface area contributed by atoms with Crippen molar-refractivity contribution in [2.45, 2.75) is 6.54 Å². The first kappa shape index (κ1) is 18.4. The number of piperazine rings is 1. The maximum atomic E-state index is 12.9. The minimum absolute atomic E-state index is 0.109. The highest BCUT2D eigenvalue weighted by molar-refractivity contribution is 5.80. The number of benzene rings is 1. The summed E-state index contributed by atoms with van der Waals surface area (Å²) in [5, 5.41) is 9.83. The number of imidazole rings is 1. The molecule has 1 aromatic carbocycles. The van der Waals surface area contributed by atoms with Gasteiger partial charge in [-0.15, -0.1) is 0 Å². The maximum Gasteiger partial charge on any atom is 0.242 e. The molecular weight excluding hydrogens is 342 g/mol. The van der Waals surface area contributed by atoms with Crippen molar-refractivity contribution in [2.75, 3.05) is 59.5 Å². The predicted octanol–water partition coefficient (Wildman–Crippen LogP) is 0.351.